The molecule has 0 fully saturated rings. The number of nitrogens with two attached hydrogens (primary N) is 1. The van der Waals surface area contributed by atoms with Crippen LogP contribution in [0.5, 0.6) is 0 Å². The van der Waals surface area contributed by atoms with Gasteiger partial charge in [-0.05, 0) is 33.6 Å². The van der Waals surface area contributed by atoms with Gasteiger partial charge in [0.05, 0.1) is 5.75 Å². The molecular formula is C10H13BrClNO3S. The van der Waals surface area contributed by atoms with Crippen LogP contribution in [0.2, 0.25) is 0 Å². The van der Waals surface area contributed by atoms with Gasteiger partial charge in [0.15, 0.2) is 9.84 Å². The normalized spacial score (nSPS) is 17.4. The summed E-state index contributed by atoms with van der Waals surface area (Å²) in [6.45, 7) is 1.46. The van der Waals surface area contributed by atoms with E-state index in [0.29, 0.717) is 11.3 Å². The number of aliphatic hydroxyl groups is 1. The summed E-state index contributed by atoms with van der Waals surface area (Å²) < 4.78 is 21.6. The average molecular weight is 343 g/mol. The molecule has 4 nitrogen and oxygen atoms in total. The van der Waals surface area contributed by atoms with Gasteiger partial charge in [0.2, 0.25) is 3.12 Å². The number of halogens is 2. The van der Waals surface area contributed by atoms with E-state index in [1.54, 1.807) is 12.1 Å². The number of aliphatic hydroxyl groups excluding tert-OH is 1. The van der Waals surface area contributed by atoms with Gasteiger partial charge < -0.3 is 10.8 Å². The summed E-state index contributed by atoms with van der Waals surface area (Å²) in [5.74, 6) is -0.173. The molecule has 7 heteroatoms. The molecule has 1 aromatic carbocycles. The Bertz CT molecular complexity index is 487. The van der Waals surface area contributed by atoms with Crippen molar-refractivity contribution in [3.8, 4) is 0 Å². The zero-order valence-electron chi connectivity index (χ0n) is 9.10. The minimum Gasteiger partial charge on any atom is -0.399 e. The van der Waals surface area contributed by atoms with Crippen LogP contribution in [-0.2, 0) is 9.84 Å². The molecule has 2 atom stereocenters. The van der Waals surface area contributed by atoms with Gasteiger partial charge in [-0.25, -0.2) is 8.42 Å². The number of benzene rings is 1. The highest BCUT2D eigenvalue weighted by Gasteiger charge is 2.45. The fourth-order valence-corrected chi connectivity index (χ4v) is 3.50. The van der Waals surface area contributed by atoms with Gasteiger partial charge in [-0.1, -0.05) is 30.7 Å². The van der Waals surface area contributed by atoms with E-state index in [9.17, 15) is 13.5 Å². The lowest BCUT2D eigenvalue weighted by molar-refractivity contribution is 0.185. The molecule has 0 aromatic heterocycles. The molecule has 17 heavy (non-hydrogen) atoms. The van der Waals surface area contributed by atoms with Crippen molar-refractivity contribution in [3.05, 3.63) is 29.8 Å². The van der Waals surface area contributed by atoms with Crippen molar-refractivity contribution in [3.63, 3.8) is 0 Å². The van der Waals surface area contributed by atoms with Gasteiger partial charge >= 0.3 is 0 Å². The Morgan fingerprint density at radius 2 is 1.94 bits per heavy atom. The highest BCUT2D eigenvalue weighted by molar-refractivity contribution is 9.12. The Hall–Kier alpha value is -0.300. The Balaban J connectivity index is 3.12. The van der Waals surface area contributed by atoms with Crippen LogP contribution in [0.3, 0.4) is 0 Å². The van der Waals surface area contributed by atoms with Crippen LogP contribution >= 0.6 is 27.5 Å². The third kappa shape index (κ3) is 2.93. The average Bonchev–Trinajstić information content (AvgIpc) is 2.28. The van der Waals surface area contributed by atoms with Crippen LogP contribution in [0.15, 0.2) is 24.3 Å². The van der Waals surface area contributed by atoms with Crippen LogP contribution in [0.1, 0.15) is 18.6 Å². The van der Waals surface area contributed by atoms with E-state index in [-0.39, 0.29) is 5.75 Å². The number of nitrogen functional groups attached to an aromatic ring is 1. The van der Waals surface area contributed by atoms with Crippen molar-refractivity contribution >= 4 is 43.1 Å². The fraction of sp³-hybridized carbons (Fsp3) is 0.400. The molecule has 0 aliphatic rings. The highest BCUT2D eigenvalue weighted by atomic mass is 79.9. The van der Waals surface area contributed by atoms with E-state index in [1.165, 1.54) is 19.1 Å². The number of anilines is 1. The predicted octanol–water partition coefficient (Wildman–Crippen LogP) is 2.02. The Kier molecular flexibility index (Phi) is 4.46. The zero-order chi connectivity index (χ0) is 13.3. The van der Waals surface area contributed by atoms with Gasteiger partial charge in [0.25, 0.3) is 0 Å². The summed E-state index contributed by atoms with van der Waals surface area (Å²) in [5.41, 5.74) is 6.40. The largest absolute Gasteiger partial charge is 0.399 e. The monoisotopic (exact) mass is 341 g/mol. The van der Waals surface area contributed by atoms with Crippen molar-refractivity contribution in [2.75, 3.05) is 11.5 Å². The topological polar surface area (TPSA) is 80.4 Å². The van der Waals surface area contributed by atoms with Gasteiger partial charge in [0.1, 0.15) is 6.10 Å². The number of hydrogen-bond donors (Lipinski definition) is 2. The third-order valence-corrected chi connectivity index (χ3v) is 7.00. The van der Waals surface area contributed by atoms with Crippen molar-refractivity contribution in [1.82, 2.24) is 0 Å². The zero-order valence-corrected chi connectivity index (χ0v) is 12.3. The molecule has 0 unspecified atom stereocenters. The predicted molar refractivity (Wildman–Crippen MR) is 72.8 cm³/mol. The van der Waals surface area contributed by atoms with Gasteiger partial charge in [-0.15, -0.1) is 0 Å². The molecule has 0 radical (unpaired) electrons. The molecule has 0 bridgehead atoms. The number of alkyl halides is 2. The van der Waals surface area contributed by atoms with Crippen molar-refractivity contribution in [1.29, 1.82) is 0 Å². The summed E-state index contributed by atoms with van der Waals surface area (Å²) >= 11 is 8.78. The van der Waals surface area contributed by atoms with E-state index in [2.05, 4.69) is 15.9 Å². The highest BCUT2D eigenvalue weighted by Crippen LogP contribution is 2.42. The summed E-state index contributed by atoms with van der Waals surface area (Å²) in [5, 5.41) is 10.0. The molecule has 1 aromatic rings. The lowest BCUT2D eigenvalue weighted by Gasteiger charge is -2.25. The minimum absolute atomic E-state index is 0.173. The number of hydrogen-bond acceptors (Lipinski definition) is 4. The molecule has 1 rings (SSSR count). The molecule has 96 valence electrons. The van der Waals surface area contributed by atoms with Crippen molar-refractivity contribution < 1.29 is 13.5 Å². The first-order chi connectivity index (χ1) is 7.72. The molecule has 0 heterocycles. The standard InChI is InChI=1S/C10H13BrClNO3S/c1-2-17(15,16)10(11,12)9(14)7-3-5-8(13)6-4-7/h3-6,9,14H,2,13H2,1H3/t9-,10+/m1/s1. The molecule has 0 aliphatic heterocycles. The van der Waals surface area contributed by atoms with Crippen LogP contribution in [-0.4, -0.2) is 22.4 Å². The molecule has 0 saturated carbocycles. The first-order valence-electron chi connectivity index (χ1n) is 4.86. The van der Waals surface area contributed by atoms with Gasteiger partial charge in [-0.2, -0.15) is 0 Å². The van der Waals surface area contributed by atoms with E-state index in [0.717, 1.165) is 0 Å². The summed E-state index contributed by atoms with van der Waals surface area (Å²) in [6.07, 6.45) is -1.38. The van der Waals surface area contributed by atoms with Crippen LogP contribution in [0.4, 0.5) is 5.69 Å². The lowest BCUT2D eigenvalue weighted by atomic mass is 10.1. The first-order valence-corrected chi connectivity index (χ1v) is 7.68. The maximum absolute atomic E-state index is 11.7. The molecule has 3 N–H and O–H groups in total. The van der Waals surface area contributed by atoms with E-state index >= 15 is 0 Å². The molecule has 0 spiro atoms. The minimum atomic E-state index is -3.65. The third-order valence-electron chi connectivity index (χ3n) is 2.37. The van der Waals surface area contributed by atoms with E-state index in [1.807, 2.05) is 0 Å². The van der Waals surface area contributed by atoms with Crippen LogP contribution < -0.4 is 5.73 Å². The molecule has 0 aliphatic carbocycles. The number of rotatable bonds is 4. The Morgan fingerprint density at radius 1 is 1.47 bits per heavy atom. The second-order valence-corrected chi connectivity index (χ2v) is 9.04. The maximum Gasteiger partial charge on any atom is 0.229 e. The summed E-state index contributed by atoms with van der Waals surface area (Å²) in [6, 6.07) is 6.20. The van der Waals surface area contributed by atoms with E-state index < -0.39 is 19.1 Å². The van der Waals surface area contributed by atoms with Crippen molar-refractivity contribution in [2.24, 2.45) is 0 Å². The SMILES string of the molecule is CCS(=O)(=O)[C@](Cl)(Br)[C@H](O)c1ccc(N)cc1. The van der Waals surface area contributed by atoms with Crippen molar-refractivity contribution in [2.45, 2.75) is 16.1 Å². The molecule has 0 amide bonds. The smallest absolute Gasteiger partial charge is 0.229 e. The Morgan fingerprint density at radius 3 is 2.35 bits per heavy atom. The summed E-state index contributed by atoms with van der Waals surface area (Å²) in [4.78, 5) is 0. The Labute approximate surface area is 114 Å². The van der Waals surface area contributed by atoms with E-state index in [4.69, 9.17) is 17.3 Å². The molecular weight excluding hydrogens is 330 g/mol. The maximum atomic E-state index is 11.7. The fourth-order valence-electron chi connectivity index (χ4n) is 1.23. The first kappa shape index (κ1) is 14.8. The van der Waals surface area contributed by atoms with Gasteiger partial charge in [0, 0.05) is 5.69 Å². The second kappa shape index (κ2) is 5.14. The summed E-state index contributed by atoms with van der Waals surface area (Å²) in [7, 11) is -3.65. The second-order valence-electron chi connectivity index (χ2n) is 3.53. The number of sulfone groups is 1. The van der Waals surface area contributed by atoms with Crippen LogP contribution in [0.25, 0.3) is 0 Å². The van der Waals surface area contributed by atoms with Crippen LogP contribution in [0, 0.1) is 0 Å². The molecule has 0 saturated heterocycles. The van der Waals surface area contributed by atoms with Gasteiger partial charge in [-0.3, -0.25) is 0 Å². The quantitative estimate of drug-likeness (QED) is 0.648. The lowest BCUT2D eigenvalue weighted by Crippen LogP contribution is -2.34.